The number of carbonyl (C=O) groups excluding carboxylic acids is 4. The molecule has 0 aliphatic rings. The van der Waals surface area contributed by atoms with Gasteiger partial charge in [-0.15, -0.1) is 0 Å². The Bertz CT molecular complexity index is 1640. The van der Waals surface area contributed by atoms with Crippen LogP contribution >= 0.6 is 0 Å². The Kier molecular flexibility index (Phi) is 10.5. The van der Waals surface area contributed by atoms with Crippen molar-refractivity contribution in [2.45, 2.75) is 44.7 Å². The topological polar surface area (TPSA) is 127 Å². The van der Waals surface area contributed by atoms with Gasteiger partial charge in [0.05, 0.1) is 0 Å². The van der Waals surface area contributed by atoms with Gasteiger partial charge in [-0.1, -0.05) is 109 Å². The Labute approximate surface area is 273 Å². The van der Waals surface area contributed by atoms with Gasteiger partial charge < -0.3 is 19.7 Å². The van der Waals surface area contributed by atoms with Gasteiger partial charge in [-0.2, -0.15) is 0 Å². The van der Waals surface area contributed by atoms with Crippen molar-refractivity contribution in [3.8, 4) is 0 Å². The van der Waals surface area contributed by atoms with E-state index < -0.39 is 40.5 Å². The highest BCUT2D eigenvalue weighted by Gasteiger charge is 2.43. The molecule has 0 saturated heterocycles. The van der Waals surface area contributed by atoms with Crippen LogP contribution < -0.4 is 0 Å². The predicted molar refractivity (Wildman–Crippen MR) is 178 cm³/mol. The third kappa shape index (κ3) is 8.85. The van der Waals surface area contributed by atoms with Gasteiger partial charge in [0.2, 0.25) is 0 Å². The van der Waals surface area contributed by atoms with Crippen LogP contribution in [0, 0.1) is 0 Å². The van der Waals surface area contributed by atoms with Crippen LogP contribution in [0.5, 0.6) is 0 Å². The maximum atomic E-state index is 13.5. The lowest BCUT2D eigenvalue weighted by Gasteiger charge is -2.33. The number of aliphatic hydroxyl groups is 2. The van der Waals surface area contributed by atoms with E-state index >= 15 is 0 Å². The van der Waals surface area contributed by atoms with Crippen LogP contribution in [0.2, 0.25) is 0 Å². The molecular formula is C39H36O8. The minimum Gasteiger partial charge on any atom is -0.410 e. The molecule has 0 aromatic heterocycles. The summed E-state index contributed by atoms with van der Waals surface area (Å²) < 4.78 is 12.0. The van der Waals surface area contributed by atoms with Gasteiger partial charge in [-0.05, 0) is 51.0 Å². The van der Waals surface area contributed by atoms with Crippen LogP contribution in [0.4, 0.5) is 0 Å². The van der Waals surface area contributed by atoms with Crippen LogP contribution in [-0.2, 0) is 24.8 Å². The maximum Gasteiger partial charge on any atom is 0.334 e. The van der Waals surface area contributed by atoms with E-state index in [-0.39, 0.29) is 22.3 Å². The van der Waals surface area contributed by atoms with Gasteiger partial charge in [0.1, 0.15) is 11.2 Å². The van der Waals surface area contributed by atoms with Crippen LogP contribution in [0.15, 0.2) is 121 Å². The van der Waals surface area contributed by atoms with E-state index in [0.29, 0.717) is 0 Å². The molecule has 8 nitrogen and oxygen atoms in total. The second-order valence-corrected chi connectivity index (χ2v) is 11.9. The third-order valence-corrected chi connectivity index (χ3v) is 7.08. The van der Waals surface area contributed by atoms with Gasteiger partial charge in [0.25, 0.3) is 0 Å². The highest BCUT2D eigenvalue weighted by molar-refractivity contribution is 6.02. The predicted octanol–water partition coefficient (Wildman–Crippen LogP) is 6.31. The summed E-state index contributed by atoms with van der Waals surface area (Å²) in [5.74, 6) is -5.02. The molecule has 0 aliphatic heterocycles. The average molecular weight is 633 g/mol. The SMILES string of the molecule is CC(C)(O)C(=O)c1ccc(C(OC(=O)/C=C/c2ccccc2)(OC(=O)/C=C/c2ccccc2)c2ccc(C(=O)C(C)(C)O)cc2)cc1. The van der Waals surface area contributed by atoms with E-state index in [2.05, 4.69) is 0 Å². The van der Waals surface area contributed by atoms with Crippen LogP contribution in [0.3, 0.4) is 0 Å². The molecule has 0 amide bonds. The smallest absolute Gasteiger partial charge is 0.334 e. The minimum absolute atomic E-state index is 0.161. The number of hydrogen-bond acceptors (Lipinski definition) is 8. The lowest BCUT2D eigenvalue weighted by atomic mass is 9.90. The average Bonchev–Trinajstić information content (AvgIpc) is 3.05. The molecule has 0 saturated carbocycles. The summed E-state index contributed by atoms with van der Waals surface area (Å²) in [7, 11) is 0. The summed E-state index contributed by atoms with van der Waals surface area (Å²) in [4.78, 5) is 52.5. The molecular weight excluding hydrogens is 596 g/mol. The first-order chi connectivity index (χ1) is 22.2. The van der Waals surface area contributed by atoms with Gasteiger partial charge >= 0.3 is 17.7 Å². The van der Waals surface area contributed by atoms with Crippen LogP contribution in [-0.4, -0.2) is 44.9 Å². The largest absolute Gasteiger partial charge is 0.410 e. The minimum atomic E-state index is -2.21. The maximum absolute atomic E-state index is 13.5. The van der Waals surface area contributed by atoms with Crippen molar-refractivity contribution in [3.63, 3.8) is 0 Å². The number of carbonyl (C=O) groups is 4. The Morgan fingerprint density at radius 1 is 0.511 bits per heavy atom. The molecule has 240 valence electrons. The molecule has 4 aromatic rings. The van der Waals surface area contributed by atoms with Gasteiger partial charge in [0, 0.05) is 34.4 Å². The molecule has 0 unspecified atom stereocenters. The summed E-state index contributed by atoms with van der Waals surface area (Å²) in [5.41, 5.74) is -1.18. The van der Waals surface area contributed by atoms with E-state index in [9.17, 15) is 29.4 Å². The zero-order valence-corrected chi connectivity index (χ0v) is 26.5. The van der Waals surface area contributed by atoms with E-state index in [4.69, 9.17) is 9.47 Å². The molecule has 0 heterocycles. The summed E-state index contributed by atoms with van der Waals surface area (Å²) in [6.45, 7) is 5.47. The fourth-order valence-electron chi connectivity index (χ4n) is 4.62. The highest BCUT2D eigenvalue weighted by Crippen LogP contribution is 2.37. The van der Waals surface area contributed by atoms with Crippen LogP contribution in [0.1, 0.15) is 70.7 Å². The summed E-state index contributed by atoms with van der Waals surface area (Å²) in [6.07, 6.45) is 5.47. The lowest BCUT2D eigenvalue weighted by molar-refractivity contribution is -0.211. The zero-order chi connectivity index (χ0) is 34.2. The number of esters is 2. The van der Waals surface area contributed by atoms with Gasteiger partial charge in [-0.3, -0.25) is 9.59 Å². The molecule has 0 aliphatic carbocycles. The number of benzene rings is 4. The fraction of sp³-hybridized carbons (Fsp3) is 0.179. The molecule has 0 spiro atoms. The van der Waals surface area contributed by atoms with Gasteiger partial charge in [-0.25, -0.2) is 9.59 Å². The van der Waals surface area contributed by atoms with Crippen molar-refractivity contribution >= 4 is 35.7 Å². The molecule has 0 atom stereocenters. The summed E-state index contributed by atoms with van der Waals surface area (Å²) >= 11 is 0. The van der Waals surface area contributed by atoms with Crippen LogP contribution in [0.25, 0.3) is 12.2 Å². The number of ether oxygens (including phenoxy) is 2. The van der Waals surface area contributed by atoms with Crippen molar-refractivity contribution < 1.29 is 38.9 Å². The Hall–Kier alpha value is -5.44. The Morgan fingerprint density at radius 3 is 1.13 bits per heavy atom. The molecule has 2 N–H and O–H groups in total. The lowest BCUT2D eigenvalue weighted by Crippen LogP contribution is -2.38. The highest BCUT2D eigenvalue weighted by atomic mass is 16.7. The van der Waals surface area contributed by atoms with E-state index in [1.807, 2.05) is 36.4 Å². The van der Waals surface area contributed by atoms with Gasteiger partial charge in [0.15, 0.2) is 11.6 Å². The van der Waals surface area contributed by atoms with Crippen molar-refractivity contribution in [2.24, 2.45) is 0 Å². The van der Waals surface area contributed by atoms with E-state index in [1.54, 1.807) is 36.4 Å². The number of Topliss-reactive ketones (excluding diaryl/α,β-unsaturated/α-hetero) is 2. The molecule has 47 heavy (non-hydrogen) atoms. The normalized spacial score (nSPS) is 12.2. The van der Waals surface area contributed by atoms with Crippen molar-refractivity contribution in [3.05, 3.63) is 155 Å². The van der Waals surface area contributed by atoms with Crippen molar-refractivity contribution in [1.82, 2.24) is 0 Å². The second-order valence-electron chi connectivity index (χ2n) is 11.9. The number of ketones is 2. The van der Waals surface area contributed by atoms with E-state index in [0.717, 1.165) is 11.1 Å². The third-order valence-electron chi connectivity index (χ3n) is 7.08. The van der Waals surface area contributed by atoms with Crippen molar-refractivity contribution in [2.75, 3.05) is 0 Å². The molecule has 0 bridgehead atoms. The first-order valence-corrected chi connectivity index (χ1v) is 14.9. The fourth-order valence-corrected chi connectivity index (χ4v) is 4.62. The number of hydrogen-bond donors (Lipinski definition) is 2. The zero-order valence-electron chi connectivity index (χ0n) is 26.5. The standard InChI is InChI=1S/C39H36O8/c1-37(2,44)35(42)29-17-21-31(22-18-29)39(46-33(40)25-15-27-11-7-5-8-12-27,47-34(41)26-16-28-13-9-6-10-14-28)32-23-19-30(20-24-32)36(43)38(3,4)45/h5-26,44-45H,1-4H3/b25-15+,26-16+. The second kappa shape index (κ2) is 14.3. The summed E-state index contributed by atoms with van der Waals surface area (Å²) in [5, 5.41) is 20.5. The first kappa shape index (κ1) is 34.4. The monoisotopic (exact) mass is 632 g/mol. The molecule has 0 fully saturated rings. The number of rotatable bonds is 12. The molecule has 0 radical (unpaired) electrons. The first-order valence-electron chi connectivity index (χ1n) is 14.9. The molecule has 4 aromatic carbocycles. The Balaban J connectivity index is 1.85. The quantitative estimate of drug-likeness (QED) is 0.0806. The summed E-state index contributed by atoms with van der Waals surface area (Å²) in [6, 6.07) is 29.6. The van der Waals surface area contributed by atoms with Crippen molar-refractivity contribution in [1.29, 1.82) is 0 Å². The Morgan fingerprint density at radius 2 is 0.830 bits per heavy atom. The molecule has 8 heteroatoms. The molecule has 4 rings (SSSR count). The van der Waals surface area contributed by atoms with E-state index in [1.165, 1.54) is 88.4 Å².